The van der Waals surface area contributed by atoms with Crippen LogP contribution >= 0.6 is 0 Å². The summed E-state index contributed by atoms with van der Waals surface area (Å²) in [5.41, 5.74) is 6.37. The van der Waals surface area contributed by atoms with Crippen molar-refractivity contribution in [2.45, 2.75) is 26.8 Å². The first-order valence-corrected chi connectivity index (χ1v) is 8.47. The van der Waals surface area contributed by atoms with Gasteiger partial charge in [0.25, 0.3) is 5.91 Å². The van der Waals surface area contributed by atoms with Gasteiger partial charge in [0.1, 0.15) is 6.54 Å². The topological polar surface area (TPSA) is 50.5 Å². The molecule has 4 rings (SSSR count). The quantitative estimate of drug-likeness (QED) is 0.739. The third-order valence-corrected chi connectivity index (χ3v) is 4.74. The Morgan fingerprint density at radius 3 is 2.68 bits per heavy atom. The molecule has 0 unspecified atom stereocenters. The van der Waals surface area contributed by atoms with E-state index in [2.05, 4.69) is 36.1 Å². The molecular formula is C20H20N4O. The van der Waals surface area contributed by atoms with Crippen LogP contribution in [0.2, 0.25) is 0 Å². The number of nitrogens with zero attached hydrogens (tertiary/aromatic N) is 4. The number of amides is 1. The van der Waals surface area contributed by atoms with Crippen LogP contribution in [-0.2, 0) is 11.3 Å². The zero-order valence-electron chi connectivity index (χ0n) is 14.4. The average molecular weight is 332 g/mol. The Morgan fingerprint density at radius 2 is 1.88 bits per heavy atom. The molecule has 1 aliphatic heterocycles. The molecule has 0 bridgehead atoms. The highest BCUT2D eigenvalue weighted by atomic mass is 16.2. The molecule has 0 spiro atoms. The summed E-state index contributed by atoms with van der Waals surface area (Å²) in [5, 5.41) is 6.10. The molecule has 1 aliphatic rings. The Labute approximate surface area is 146 Å². The summed E-state index contributed by atoms with van der Waals surface area (Å²) in [5.74, 6) is -0.0107. The van der Waals surface area contributed by atoms with Gasteiger partial charge in [0, 0.05) is 6.42 Å². The Balaban J connectivity index is 1.55. The van der Waals surface area contributed by atoms with Gasteiger partial charge in [-0.05, 0) is 42.7 Å². The van der Waals surface area contributed by atoms with E-state index < -0.39 is 0 Å². The van der Waals surface area contributed by atoms with E-state index in [-0.39, 0.29) is 12.5 Å². The molecule has 2 heterocycles. The first-order chi connectivity index (χ1) is 12.1. The van der Waals surface area contributed by atoms with Crippen molar-refractivity contribution < 1.29 is 4.79 Å². The number of hydrogen-bond acceptors (Lipinski definition) is 3. The highest BCUT2D eigenvalue weighted by Gasteiger charge is 2.22. The predicted molar refractivity (Wildman–Crippen MR) is 98.5 cm³/mol. The van der Waals surface area contributed by atoms with E-state index in [1.807, 2.05) is 34.9 Å². The van der Waals surface area contributed by atoms with Crippen LogP contribution in [0.5, 0.6) is 0 Å². The second-order valence-electron chi connectivity index (χ2n) is 6.48. The Kier molecular flexibility index (Phi) is 3.84. The predicted octanol–water partition coefficient (Wildman–Crippen LogP) is 3.29. The van der Waals surface area contributed by atoms with Gasteiger partial charge in [-0.15, -0.1) is 0 Å². The maximum Gasteiger partial charge on any atom is 0.262 e. The van der Waals surface area contributed by atoms with Gasteiger partial charge in [-0.2, -0.15) is 5.10 Å². The maximum absolute atomic E-state index is 12.7. The van der Waals surface area contributed by atoms with Crippen molar-refractivity contribution in [1.29, 1.82) is 0 Å². The zero-order chi connectivity index (χ0) is 17.4. The van der Waals surface area contributed by atoms with Gasteiger partial charge in [0.2, 0.25) is 0 Å². The minimum Gasteiger partial charge on any atom is -0.321 e. The summed E-state index contributed by atoms with van der Waals surface area (Å²) in [4.78, 5) is 17.1. The number of hydrogen-bond donors (Lipinski definition) is 0. The SMILES string of the molecule is Cc1cc2ncn(CC(=O)N3CCC(c4ccccc4)=N3)c2cc1C. The third-order valence-electron chi connectivity index (χ3n) is 4.74. The summed E-state index contributed by atoms with van der Waals surface area (Å²) in [6.07, 6.45) is 2.53. The van der Waals surface area contributed by atoms with Gasteiger partial charge in [-0.3, -0.25) is 4.79 Å². The van der Waals surface area contributed by atoms with Crippen LogP contribution in [-0.4, -0.2) is 32.7 Å². The molecule has 0 saturated carbocycles. The molecule has 5 nitrogen and oxygen atoms in total. The van der Waals surface area contributed by atoms with E-state index in [1.54, 1.807) is 11.3 Å². The molecule has 0 N–H and O–H groups in total. The molecule has 5 heteroatoms. The number of carbonyl (C=O) groups is 1. The first-order valence-electron chi connectivity index (χ1n) is 8.47. The van der Waals surface area contributed by atoms with Crippen LogP contribution in [0.15, 0.2) is 53.9 Å². The molecule has 2 aromatic carbocycles. The molecule has 0 saturated heterocycles. The van der Waals surface area contributed by atoms with Crippen molar-refractivity contribution in [3.8, 4) is 0 Å². The number of benzene rings is 2. The van der Waals surface area contributed by atoms with Crippen molar-refractivity contribution in [2.75, 3.05) is 6.54 Å². The number of fused-ring (bicyclic) bond motifs is 1. The Hall–Kier alpha value is -2.95. The molecule has 25 heavy (non-hydrogen) atoms. The van der Waals surface area contributed by atoms with Crippen LogP contribution in [0.1, 0.15) is 23.1 Å². The Bertz CT molecular complexity index is 972. The molecule has 1 amide bonds. The molecule has 0 aliphatic carbocycles. The van der Waals surface area contributed by atoms with Gasteiger partial charge in [-0.25, -0.2) is 9.99 Å². The Morgan fingerprint density at radius 1 is 1.12 bits per heavy atom. The molecule has 0 atom stereocenters. The number of hydrazone groups is 1. The van der Waals surface area contributed by atoms with Crippen molar-refractivity contribution in [2.24, 2.45) is 5.10 Å². The second kappa shape index (κ2) is 6.16. The van der Waals surface area contributed by atoms with Crippen LogP contribution < -0.4 is 0 Å². The van der Waals surface area contributed by atoms with E-state index in [9.17, 15) is 4.79 Å². The molecule has 0 fully saturated rings. The van der Waals surface area contributed by atoms with Gasteiger partial charge >= 0.3 is 0 Å². The number of aryl methyl sites for hydroxylation is 2. The lowest BCUT2D eigenvalue weighted by atomic mass is 10.1. The van der Waals surface area contributed by atoms with Gasteiger partial charge < -0.3 is 4.57 Å². The van der Waals surface area contributed by atoms with E-state index >= 15 is 0 Å². The summed E-state index contributed by atoms with van der Waals surface area (Å²) in [6.45, 7) is 5.03. The van der Waals surface area contributed by atoms with Crippen molar-refractivity contribution in [3.05, 3.63) is 65.5 Å². The number of aromatic nitrogens is 2. The van der Waals surface area contributed by atoms with Crippen LogP contribution in [0.3, 0.4) is 0 Å². The van der Waals surface area contributed by atoms with E-state index in [4.69, 9.17) is 0 Å². The highest BCUT2D eigenvalue weighted by Crippen LogP contribution is 2.19. The van der Waals surface area contributed by atoms with E-state index in [0.29, 0.717) is 6.54 Å². The number of rotatable bonds is 3. The maximum atomic E-state index is 12.7. The summed E-state index contributed by atoms with van der Waals surface area (Å²) < 4.78 is 1.90. The lowest BCUT2D eigenvalue weighted by Crippen LogP contribution is -2.27. The molecule has 0 radical (unpaired) electrons. The van der Waals surface area contributed by atoms with Crippen LogP contribution in [0.25, 0.3) is 11.0 Å². The van der Waals surface area contributed by atoms with Crippen molar-refractivity contribution in [3.63, 3.8) is 0 Å². The fourth-order valence-electron chi connectivity index (χ4n) is 3.14. The van der Waals surface area contributed by atoms with E-state index in [1.165, 1.54) is 11.1 Å². The summed E-state index contributed by atoms with van der Waals surface area (Å²) >= 11 is 0. The first kappa shape index (κ1) is 15.6. The van der Waals surface area contributed by atoms with Crippen LogP contribution in [0, 0.1) is 13.8 Å². The fraction of sp³-hybridized carbons (Fsp3) is 0.250. The van der Waals surface area contributed by atoms with Crippen molar-refractivity contribution >= 4 is 22.7 Å². The second-order valence-corrected chi connectivity index (χ2v) is 6.48. The minimum absolute atomic E-state index is 0.0107. The average Bonchev–Trinajstić information content (AvgIpc) is 3.25. The largest absolute Gasteiger partial charge is 0.321 e. The third kappa shape index (κ3) is 2.93. The normalized spacial score (nSPS) is 14.2. The van der Waals surface area contributed by atoms with Crippen molar-refractivity contribution in [1.82, 2.24) is 14.6 Å². The monoisotopic (exact) mass is 332 g/mol. The molecule has 3 aromatic rings. The minimum atomic E-state index is -0.0107. The van der Waals surface area contributed by atoms with E-state index in [0.717, 1.165) is 28.7 Å². The van der Waals surface area contributed by atoms with Gasteiger partial charge in [-0.1, -0.05) is 30.3 Å². The smallest absolute Gasteiger partial charge is 0.262 e. The van der Waals surface area contributed by atoms with Gasteiger partial charge in [0.05, 0.1) is 29.6 Å². The lowest BCUT2D eigenvalue weighted by molar-refractivity contribution is -0.131. The molecule has 126 valence electrons. The highest BCUT2D eigenvalue weighted by molar-refractivity contribution is 6.02. The number of carbonyl (C=O) groups excluding carboxylic acids is 1. The fourth-order valence-corrected chi connectivity index (χ4v) is 3.14. The van der Waals surface area contributed by atoms with Crippen LogP contribution in [0.4, 0.5) is 0 Å². The molecule has 1 aromatic heterocycles. The lowest BCUT2D eigenvalue weighted by Gasteiger charge is -2.12. The summed E-state index contributed by atoms with van der Waals surface area (Å²) in [7, 11) is 0. The standard InChI is InChI=1S/C20H20N4O/c1-14-10-18-19(11-15(14)2)23(13-21-18)12-20(25)24-9-8-17(22-24)16-6-4-3-5-7-16/h3-7,10-11,13H,8-9,12H2,1-2H3. The zero-order valence-corrected chi connectivity index (χ0v) is 14.4. The molecular weight excluding hydrogens is 312 g/mol. The summed E-state index contributed by atoms with van der Waals surface area (Å²) in [6, 6.07) is 14.2. The van der Waals surface area contributed by atoms with Gasteiger partial charge in [0.15, 0.2) is 0 Å². The number of imidazole rings is 1.